The van der Waals surface area contributed by atoms with E-state index in [-0.39, 0.29) is 5.91 Å². The van der Waals surface area contributed by atoms with Crippen LogP contribution in [-0.2, 0) is 40.6 Å². The minimum absolute atomic E-state index is 0.0423. The van der Waals surface area contributed by atoms with Crippen LogP contribution < -0.4 is 4.72 Å². The van der Waals surface area contributed by atoms with E-state index in [1.165, 1.54) is 17.5 Å². The topological polar surface area (TPSA) is 66.5 Å². The average molecular weight is 385 g/mol. The molecule has 2 aromatic carbocycles. The van der Waals surface area contributed by atoms with Crippen molar-refractivity contribution < 1.29 is 13.2 Å². The van der Waals surface area contributed by atoms with Crippen LogP contribution >= 0.6 is 0 Å². The number of nitrogens with one attached hydrogen (secondary N) is 1. The van der Waals surface area contributed by atoms with Crippen molar-refractivity contribution in [2.75, 3.05) is 11.3 Å². The maximum absolute atomic E-state index is 12.9. The third-order valence-electron chi connectivity index (χ3n) is 5.55. The highest BCUT2D eigenvalue weighted by Crippen LogP contribution is 2.27. The number of carbonyl (C=O) groups is 1. The third kappa shape index (κ3) is 3.72. The van der Waals surface area contributed by atoms with Crippen molar-refractivity contribution in [3.05, 3.63) is 58.7 Å². The molecule has 0 bridgehead atoms. The smallest absolute Gasteiger partial charge is 0.261 e. The first-order valence-corrected chi connectivity index (χ1v) is 10.9. The minimum atomic E-state index is -3.63. The maximum Gasteiger partial charge on any atom is 0.261 e. The summed E-state index contributed by atoms with van der Waals surface area (Å²) in [5.74, 6) is 0.0423. The summed E-state index contributed by atoms with van der Waals surface area (Å²) < 4.78 is 28.4. The Hall–Kier alpha value is -2.34. The number of benzene rings is 2. The summed E-state index contributed by atoms with van der Waals surface area (Å²) in [7, 11) is -3.63. The molecule has 0 saturated carbocycles. The number of carbonyl (C=O) groups excluding carboxylic acids is 1. The summed E-state index contributed by atoms with van der Waals surface area (Å²) in [5.41, 5.74) is 5.12. The molecule has 0 aromatic heterocycles. The number of amides is 1. The van der Waals surface area contributed by atoms with Crippen molar-refractivity contribution in [3.8, 4) is 0 Å². The fourth-order valence-electron chi connectivity index (χ4n) is 3.98. The van der Waals surface area contributed by atoms with E-state index in [9.17, 15) is 13.2 Å². The molecule has 2 aromatic rings. The lowest BCUT2D eigenvalue weighted by Crippen LogP contribution is -2.34. The molecule has 0 saturated heterocycles. The van der Waals surface area contributed by atoms with E-state index >= 15 is 0 Å². The molecular formula is C21H24N2O3S. The second-order valence-corrected chi connectivity index (χ2v) is 9.10. The molecule has 142 valence electrons. The van der Waals surface area contributed by atoms with Crippen LogP contribution in [0.15, 0.2) is 41.3 Å². The van der Waals surface area contributed by atoms with Crippen LogP contribution in [0.4, 0.5) is 5.69 Å². The standard InChI is InChI=1S/C21H24N2O3S/c1-15(24)23-11-10-17-6-8-20(12-19(17)14-23)22-27(25,26)21-9-7-16-4-2-3-5-18(16)13-21/h6-9,12-13,22H,2-5,10-11,14H2,1H3. The lowest BCUT2D eigenvalue weighted by Gasteiger charge is -2.28. The van der Waals surface area contributed by atoms with E-state index in [2.05, 4.69) is 4.72 Å². The van der Waals surface area contributed by atoms with Gasteiger partial charge in [-0.1, -0.05) is 12.1 Å². The monoisotopic (exact) mass is 384 g/mol. The Balaban J connectivity index is 1.58. The van der Waals surface area contributed by atoms with Crippen molar-refractivity contribution in [1.29, 1.82) is 0 Å². The summed E-state index contributed by atoms with van der Waals surface area (Å²) in [6, 6.07) is 11.1. The Kier molecular flexibility index (Phi) is 4.68. The van der Waals surface area contributed by atoms with Crippen molar-refractivity contribution in [3.63, 3.8) is 0 Å². The van der Waals surface area contributed by atoms with Crippen LogP contribution in [-0.4, -0.2) is 25.8 Å². The van der Waals surface area contributed by atoms with Gasteiger partial charge in [0.15, 0.2) is 0 Å². The van der Waals surface area contributed by atoms with Gasteiger partial charge in [-0.15, -0.1) is 0 Å². The zero-order valence-corrected chi connectivity index (χ0v) is 16.3. The third-order valence-corrected chi connectivity index (χ3v) is 6.93. The second kappa shape index (κ2) is 7.00. The lowest BCUT2D eigenvalue weighted by molar-refractivity contribution is -0.129. The van der Waals surface area contributed by atoms with Crippen LogP contribution in [0.3, 0.4) is 0 Å². The summed E-state index contributed by atoms with van der Waals surface area (Å²) >= 11 is 0. The van der Waals surface area contributed by atoms with Crippen LogP contribution in [0, 0.1) is 0 Å². The summed E-state index contributed by atoms with van der Waals surface area (Å²) in [4.78, 5) is 13.7. The predicted octanol–water partition coefficient (Wildman–Crippen LogP) is 3.27. The van der Waals surface area contributed by atoms with Crippen molar-refractivity contribution in [2.24, 2.45) is 0 Å². The first-order chi connectivity index (χ1) is 12.9. The zero-order valence-electron chi connectivity index (χ0n) is 15.5. The number of aryl methyl sites for hydroxylation is 2. The molecule has 1 aliphatic carbocycles. The zero-order chi connectivity index (χ0) is 19.0. The summed E-state index contributed by atoms with van der Waals surface area (Å²) in [5, 5.41) is 0. The van der Waals surface area contributed by atoms with E-state index in [1.54, 1.807) is 24.0 Å². The largest absolute Gasteiger partial charge is 0.338 e. The molecule has 27 heavy (non-hydrogen) atoms. The SMILES string of the molecule is CC(=O)N1CCc2ccc(NS(=O)(=O)c3ccc4c(c3)CCCC4)cc2C1. The van der Waals surface area contributed by atoms with Crippen molar-refractivity contribution >= 4 is 21.6 Å². The van der Waals surface area contributed by atoms with Gasteiger partial charge in [-0.05, 0) is 78.6 Å². The average Bonchev–Trinajstić information content (AvgIpc) is 2.66. The minimum Gasteiger partial charge on any atom is -0.338 e. The highest BCUT2D eigenvalue weighted by atomic mass is 32.2. The number of rotatable bonds is 3. The van der Waals surface area contributed by atoms with Gasteiger partial charge < -0.3 is 4.90 Å². The van der Waals surface area contributed by atoms with Gasteiger partial charge >= 0.3 is 0 Å². The van der Waals surface area contributed by atoms with E-state index in [0.717, 1.165) is 36.8 Å². The van der Waals surface area contributed by atoms with Gasteiger partial charge in [0.25, 0.3) is 10.0 Å². The fourth-order valence-corrected chi connectivity index (χ4v) is 5.08. The lowest BCUT2D eigenvalue weighted by atomic mass is 9.92. The summed E-state index contributed by atoms with van der Waals surface area (Å²) in [6.45, 7) is 2.80. The number of fused-ring (bicyclic) bond motifs is 2. The van der Waals surface area contributed by atoms with E-state index < -0.39 is 10.0 Å². The Morgan fingerprint density at radius 3 is 2.41 bits per heavy atom. The molecule has 4 rings (SSSR count). The van der Waals surface area contributed by atoms with Crippen LogP contribution in [0.2, 0.25) is 0 Å². The molecule has 1 aliphatic heterocycles. The maximum atomic E-state index is 12.9. The van der Waals surface area contributed by atoms with Crippen molar-refractivity contribution in [2.45, 2.75) is 50.5 Å². The number of sulfonamides is 1. The predicted molar refractivity (Wildman–Crippen MR) is 105 cm³/mol. The van der Waals surface area contributed by atoms with Gasteiger partial charge in [0.05, 0.1) is 4.90 Å². The fraction of sp³-hybridized carbons (Fsp3) is 0.381. The highest BCUT2D eigenvalue weighted by molar-refractivity contribution is 7.92. The molecule has 0 radical (unpaired) electrons. The van der Waals surface area contributed by atoms with Gasteiger partial charge in [0, 0.05) is 25.7 Å². The highest BCUT2D eigenvalue weighted by Gasteiger charge is 2.21. The molecule has 2 aliphatic rings. The quantitative estimate of drug-likeness (QED) is 0.883. The molecule has 0 fully saturated rings. The molecule has 1 amide bonds. The van der Waals surface area contributed by atoms with Crippen molar-refractivity contribution in [1.82, 2.24) is 4.90 Å². The molecule has 0 unspecified atom stereocenters. The Bertz CT molecular complexity index is 998. The van der Waals surface area contributed by atoms with Crippen LogP contribution in [0.25, 0.3) is 0 Å². The van der Waals surface area contributed by atoms with E-state index in [0.29, 0.717) is 23.7 Å². The van der Waals surface area contributed by atoms with Gasteiger partial charge in [-0.3, -0.25) is 9.52 Å². The first-order valence-electron chi connectivity index (χ1n) is 9.44. The van der Waals surface area contributed by atoms with E-state index in [1.807, 2.05) is 24.3 Å². The Labute approximate surface area is 160 Å². The molecule has 1 heterocycles. The van der Waals surface area contributed by atoms with Gasteiger partial charge in [-0.25, -0.2) is 8.42 Å². The Morgan fingerprint density at radius 2 is 1.63 bits per heavy atom. The van der Waals surface area contributed by atoms with E-state index in [4.69, 9.17) is 0 Å². The summed E-state index contributed by atoms with van der Waals surface area (Å²) in [6.07, 6.45) is 5.05. The number of anilines is 1. The number of hydrogen-bond donors (Lipinski definition) is 1. The molecule has 0 spiro atoms. The molecule has 6 heteroatoms. The number of nitrogens with zero attached hydrogens (tertiary/aromatic N) is 1. The molecule has 0 atom stereocenters. The van der Waals surface area contributed by atoms with Crippen LogP contribution in [0.1, 0.15) is 42.0 Å². The Morgan fingerprint density at radius 1 is 0.926 bits per heavy atom. The van der Waals surface area contributed by atoms with Crippen LogP contribution in [0.5, 0.6) is 0 Å². The number of hydrogen-bond acceptors (Lipinski definition) is 3. The van der Waals surface area contributed by atoms with Gasteiger partial charge in [0.2, 0.25) is 5.91 Å². The second-order valence-electron chi connectivity index (χ2n) is 7.42. The first kappa shape index (κ1) is 18.0. The van der Waals surface area contributed by atoms with Gasteiger partial charge in [-0.2, -0.15) is 0 Å². The molecule has 5 nitrogen and oxygen atoms in total. The molecule has 1 N–H and O–H groups in total. The normalized spacial score (nSPS) is 16.4. The van der Waals surface area contributed by atoms with Gasteiger partial charge in [0.1, 0.15) is 0 Å². The molecular weight excluding hydrogens is 360 g/mol.